The SMILES string of the molecule is Cc1ccc(SC2CCCC2)c(C(=O)NCCCC(=O)O)c1. The number of hydrogen-bond acceptors (Lipinski definition) is 3. The summed E-state index contributed by atoms with van der Waals surface area (Å²) in [6, 6.07) is 5.99. The van der Waals surface area contributed by atoms with Gasteiger partial charge in [0.05, 0.1) is 5.56 Å². The Morgan fingerprint density at radius 1 is 1.32 bits per heavy atom. The predicted molar refractivity (Wildman–Crippen MR) is 88.5 cm³/mol. The zero-order valence-corrected chi connectivity index (χ0v) is 13.7. The molecule has 1 aromatic rings. The van der Waals surface area contributed by atoms with Gasteiger partial charge in [-0.3, -0.25) is 9.59 Å². The number of carbonyl (C=O) groups excluding carboxylic acids is 1. The van der Waals surface area contributed by atoms with Crippen molar-refractivity contribution in [1.29, 1.82) is 0 Å². The van der Waals surface area contributed by atoms with Crippen LogP contribution in [0, 0.1) is 6.92 Å². The van der Waals surface area contributed by atoms with E-state index < -0.39 is 5.97 Å². The second kappa shape index (κ2) is 8.22. The van der Waals surface area contributed by atoms with E-state index in [4.69, 9.17) is 5.11 Å². The lowest BCUT2D eigenvalue weighted by Gasteiger charge is -2.14. The van der Waals surface area contributed by atoms with Crippen molar-refractivity contribution in [2.45, 2.75) is 55.6 Å². The Labute approximate surface area is 135 Å². The molecule has 4 nitrogen and oxygen atoms in total. The van der Waals surface area contributed by atoms with Crippen LogP contribution < -0.4 is 5.32 Å². The Morgan fingerprint density at radius 2 is 2.05 bits per heavy atom. The van der Waals surface area contributed by atoms with Gasteiger partial charge in [-0.15, -0.1) is 11.8 Å². The lowest BCUT2D eigenvalue weighted by atomic mass is 10.1. The number of carboxylic acids is 1. The van der Waals surface area contributed by atoms with Crippen molar-refractivity contribution in [2.24, 2.45) is 0 Å². The van der Waals surface area contributed by atoms with Crippen LogP contribution in [-0.4, -0.2) is 28.8 Å². The van der Waals surface area contributed by atoms with Gasteiger partial charge in [-0.25, -0.2) is 0 Å². The van der Waals surface area contributed by atoms with Gasteiger partial charge in [-0.2, -0.15) is 0 Å². The van der Waals surface area contributed by atoms with E-state index >= 15 is 0 Å². The van der Waals surface area contributed by atoms with Crippen molar-refractivity contribution in [3.8, 4) is 0 Å². The molecule has 120 valence electrons. The summed E-state index contributed by atoms with van der Waals surface area (Å²) in [4.78, 5) is 23.9. The number of thioether (sulfide) groups is 1. The fourth-order valence-corrected chi connectivity index (χ4v) is 4.00. The van der Waals surface area contributed by atoms with Crippen molar-refractivity contribution >= 4 is 23.6 Å². The van der Waals surface area contributed by atoms with E-state index in [1.54, 1.807) is 11.8 Å². The van der Waals surface area contributed by atoms with Crippen LogP contribution in [0.5, 0.6) is 0 Å². The Hall–Kier alpha value is -1.49. The fourth-order valence-electron chi connectivity index (χ4n) is 2.65. The molecule has 1 saturated carbocycles. The Morgan fingerprint density at radius 3 is 2.73 bits per heavy atom. The first-order valence-electron chi connectivity index (χ1n) is 7.83. The largest absolute Gasteiger partial charge is 0.481 e. The standard InChI is InChI=1S/C17H23NO3S/c1-12-8-9-15(22-13-5-2-3-6-13)14(11-12)17(21)18-10-4-7-16(19)20/h8-9,11,13H,2-7,10H2,1H3,(H,18,21)(H,19,20). The Bertz CT molecular complexity index is 539. The quantitative estimate of drug-likeness (QED) is 0.753. The van der Waals surface area contributed by atoms with Crippen LogP contribution in [0.15, 0.2) is 23.1 Å². The van der Waals surface area contributed by atoms with Crippen LogP contribution in [0.2, 0.25) is 0 Å². The molecule has 1 aliphatic carbocycles. The maximum Gasteiger partial charge on any atom is 0.303 e. The van der Waals surface area contributed by atoms with Crippen molar-refractivity contribution in [3.05, 3.63) is 29.3 Å². The van der Waals surface area contributed by atoms with Crippen molar-refractivity contribution in [3.63, 3.8) is 0 Å². The molecule has 1 amide bonds. The molecule has 0 aliphatic heterocycles. The molecule has 0 heterocycles. The van der Waals surface area contributed by atoms with E-state index in [1.165, 1.54) is 25.7 Å². The second-order valence-corrected chi connectivity index (χ2v) is 7.12. The third kappa shape index (κ3) is 5.05. The minimum Gasteiger partial charge on any atom is -0.481 e. The number of carbonyl (C=O) groups is 2. The number of benzene rings is 1. The topological polar surface area (TPSA) is 66.4 Å². The zero-order valence-electron chi connectivity index (χ0n) is 12.9. The Balaban J connectivity index is 1.99. The molecule has 22 heavy (non-hydrogen) atoms. The molecular formula is C17H23NO3S. The van der Waals surface area contributed by atoms with Gasteiger partial charge in [0.15, 0.2) is 0 Å². The monoisotopic (exact) mass is 321 g/mol. The summed E-state index contributed by atoms with van der Waals surface area (Å²) < 4.78 is 0. The summed E-state index contributed by atoms with van der Waals surface area (Å²) in [5.41, 5.74) is 1.78. The summed E-state index contributed by atoms with van der Waals surface area (Å²) in [7, 11) is 0. The van der Waals surface area contributed by atoms with E-state index in [2.05, 4.69) is 5.32 Å². The first kappa shape index (κ1) is 16.9. The molecule has 5 heteroatoms. The third-order valence-corrected chi connectivity index (χ3v) is 5.24. The number of amides is 1. The molecule has 0 aromatic heterocycles. The first-order chi connectivity index (χ1) is 10.6. The highest BCUT2D eigenvalue weighted by molar-refractivity contribution is 8.00. The minimum absolute atomic E-state index is 0.0811. The first-order valence-corrected chi connectivity index (χ1v) is 8.71. The van der Waals surface area contributed by atoms with Crippen LogP contribution >= 0.6 is 11.8 Å². The number of nitrogens with one attached hydrogen (secondary N) is 1. The van der Waals surface area contributed by atoms with Crippen molar-refractivity contribution in [1.82, 2.24) is 5.32 Å². The fraction of sp³-hybridized carbons (Fsp3) is 0.529. The van der Waals surface area contributed by atoms with E-state index in [1.807, 2.05) is 25.1 Å². The summed E-state index contributed by atoms with van der Waals surface area (Å²) in [6.07, 6.45) is 5.53. The Kier molecular flexibility index (Phi) is 6.31. The van der Waals surface area contributed by atoms with Crippen molar-refractivity contribution < 1.29 is 14.7 Å². The molecular weight excluding hydrogens is 298 g/mol. The smallest absolute Gasteiger partial charge is 0.303 e. The molecule has 0 radical (unpaired) electrons. The van der Waals surface area contributed by atoms with Crippen molar-refractivity contribution in [2.75, 3.05) is 6.54 Å². The normalized spacial score (nSPS) is 15.0. The van der Waals surface area contributed by atoms with Gasteiger partial charge in [0.2, 0.25) is 0 Å². The predicted octanol–water partition coefficient (Wildman–Crippen LogP) is 3.62. The number of hydrogen-bond donors (Lipinski definition) is 2. The zero-order chi connectivity index (χ0) is 15.9. The molecule has 2 N–H and O–H groups in total. The average Bonchev–Trinajstić information content (AvgIpc) is 2.98. The minimum atomic E-state index is -0.831. The maximum absolute atomic E-state index is 12.4. The highest BCUT2D eigenvalue weighted by atomic mass is 32.2. The van der Waals surface area contributed by atoms with E-state index in [-0.39, 0.29) is 12.3 Å². The van der Waals surface area contributed by atoms with Gasteiger partial charge in [0.1, 0.15) is 0 Å². The van der Waals surface area contributed by atoms with Crippen LogP contribution in [0.3, 0.4) is 0 Å². The van der Waals surface area contributed by atoms with Crippen LogP contribution in [0.1, 0.15) is 54.4 Å². The van der Waals surface area contributed by atoms with Gasteiger partial charge in [-0.1, -0.05) is 24.5 Å². The van der Waals surface area contributed by atoms with Gasteiger partial charge >= 0.3 is 5.97 Å². The summed E-state index contributed by atoms with van der Waals surface area (Å²) in [6.45, 7) is 2.37. The number of aliphatic carboxylic acids is 1. The molecule has 0 saturated heterocycles. The molecule has 0 spiro atoms. The molecule has 0 bridgehead atoms. The molecule has 2 rings (SSSR count). The van der Waals surface area contributed by atoms with Gasteiger partial charge in [0, 0.05) is 23.1 Å². The molecule has 0 atom stereocenters. The number of rotatable bonds is 7. The number of carboxylic acid groups (broad SMARTS) is 1. The van der Waals surface area contributed by atoms with Gasteiger partial charge in [-0.05, 0) is 38.3 Å². The molecule has 1 fully saturated rings. The van der Waals surface area contributed by atoms with Crippen LogP contribution in [-0.2, 0) is 4.79 Å². The lowest BCUT2D eigenvalue weighted by Crippen LogP contribution is -2.25. The second-order valence-electron chi connectivity index (χ2n) is 5.78. The summed E-state index contributed by atoms with van der Waals surface area (Å²) in [5, 5.41) is 12.1. The molecule has 1 aromatic carbocycles. The third-order valence-electron chi connectivity index (χ3n) is 3.83. The summed E-state index contributed by atoms with van der Waals surface area (Å²) >= 11 is 1.80. The lowest BCUT2D eigenvalue weighted by molar-refractivity contribution is -0.137. The molecule has 0 unspecified atom stereocenters. The van der Waals surface area contributed by atoms with E-state index in [0.717, 1.165) is 10.5 Å². The van der Waals surface area contributed by atoms with Gasteiger partial charge in [0.25, 0.3) is 5.91 Å². The van der Waals surface area contributed by atoms with Gasteiger partial charge < -0.3 is 10.4 Å². The van der Waals surface area contributed by atoms with Crippen LogP contribution in [0.25, 0.3) is 0 Å². The van der Waals surface area contributed by atoms with E-state index in [0.29, 0.717) is 23.8 Å². The highest BCUT2D eigenvalue weighted by Crippen LogP contribution is 2.36. The molecule has 1 aliphatic rings. The van der Waals surface area contributed by atoms with E-state index in [9.17, 15) is 9.59 Å². The number of aryl methyl sites for hydroxylation is 1. The summed E-state index contributed by atoms with van der Waals surface area (Å²) in [5.74, 6) is -0.933. The maximum atomic E-state index is 12.4. The van der Waals surface area contributed by atoms with Crippen LogP contribution in [0.4, 0.5) is 0 Å². The average molecular weight is 321 g/mol. The highest BCUT2D eigenvalue weighted by Gasteiger charge is 2.19.